The molecule has 0 saturated carbocycles. The summed E-state index contributed by atoms with van der Waals surface area (Å²) in [6, 6.07) is 5.23. The topological polar surface area (TPSA) is 64.9 Å². The van der Waals surface area contributed by atoms with E-state index < -0.39 is 17.6 Å². The molecule has 2 N–H and O–H groups in total. The highest BCUT2D eigenvalue weighted by Crippen LogP contribution is 2.36. The highest BCUT2D eigenvalue weighted by Gasteiger charge is 2.53. The van der Waals surface area contributed by atoms with E-state index in [9.17, 15) is 13.2 Å². The van der Waals surface area contributed by atoms with Crippen LogP contribution in [0, 0.1) is 6.92 Å². The zero-order valence-electron chi connectivity index (χ0n) is 10.6. The van der Waals surface area contributed by atoms with Gasteiger partial charge in [0.05, 0.1) is 0 Å². The number of benzene rings is 1. The molecule has 1 atom stereocenters. The summed E-state index contributed by atoms with van der Waals surface area (Å²) in [7, 11) is 0. The summed E-state index contributed by atoms with van der Waals surface area (Å²) >= 11 is 3.30. The normalized spacial score (nSPS) is 15.2. The van der Waals surface area contributed by atoms with Crippen molar-refractivity contribution in [3.63, 3.8) is 0 Å². The number of aromatic nitrogens is 2. The zero-order chi connectivity index (χ0) is 15.1. The van der Waals surface area contributed by atoms with Crippen molar-refractivity contribution in [2.75, 3.05) is 0 Å². The molecule has 0 aliphatic heterocycles. The minimum Gasteiger partial charge on any atom is -0.337 e. The minimum absolute atomic E-state index is 0.0749. The Morgan fingerprint density at radius 3 is 2.50 bits per heavy atom. The van der Waals surface area contributed by atoms with E-state index in [1.54, 1.807) is 25.1 Å². The third-order valence-corrected chi connectivity index (χ3v) is 3.38. The van der Waals surface area contributed by atoms with Gasteiger partial charge < -0.3 is 10.3 Å². The van der Waals surface area contributed by atoms with Crippen LogP contribution in [-0.4, -0.2) is 16.3 Å². The van der Waals surface area contributed by atoms with Gasteiger partial charge in [-0.25, -0.2) is 0 Å². The van der Waals surface area contributed by atoms with E-state index in [1.807, 2.05) is 0 Å². The van der Waals surface area contributed by atoms with Gasteiger partial charge in [0.15, 0.2) is 5.54 Å². The Hall–Kier alpha value is -1.41. The van der Waals surface area contributed by atoms with E-state index in [0.29, 0.717) is 5.56 Å². The van der Waals surface area contributed by atoms with Gasteiger partial charge in [-0.1, -0.05) is 21.1 Å². The maximum absolute atomic E-state index is 12.8. The van der Waals surface area contributed by atoms with E-state index in [2.05, 4.69) is 30.6 Å². The van der Waals surface area contributed by atoms with Crippen molar-refractivity contribution < 1.29 is 17.7 Å². The largest absolute Gasteiger partial charge is 0.415 e. The maximum Gasteiger partial charge on any atom is 0.415 e. The number of hydrogen-bond donors (Lipinski definition) is 1. The standard InChI is InChI=1S/C12H11BrF3N3O/c1-6-5-7(13)3-4-8(6)9-18-10(20-19-9)11(2,17)12(14,15)16/h3-5H,17H2,1-2H3. The Labute approximate surface area is 121 Å². The number of aryl methyl sites for hydroxylation is 1. The molecule has 0 saturated heterocycles. The fraction of sp³-hybridized carbons (Fsp3) is 0.333. The lowest BCUT2D eigenvalue weighted by Crippen LogP contribution is -2.47. The summed E-state index contributed by atoms with van der Waals surface area (Å²) in [5.74, 6) is -0.590. The van der Waals surface area contributed by atoms with Crippen molar-refractivity contribution in [2.45, 2.75) is 25.6 Å². The first-order chi connectivity index (χ1) is 9.13. The Kier molecular flexibility index (Phi) is 3.64. The molecule has 20 heavy (non-hydrogen) atoms. The first-order valence-electron chi connectivity index (χ1n) is 5.59. The molecule has 1 aromatic carbocycles. The summed E-state index contributed by atoms with van der Waals surface area (Å²) in [5.41, 5.74) is 3.95. The van der Waals surface area contributed by atoms with Crippen LogP contribution < -0.4 is 5.73 Å². The van der Waals surface area contributed by atoms with Crippen LogP contribution in [0.2, 0.25) is 0 Å². The quantitative estimate of drug-likeness (QED) is 0.900. The molecule has 0 radical (unpaired) electrons. The molecule has 2 aromatic rings. The number of nitrogens with zero attached hydrogens (tertiary/aromatic N) is 2. The van der Waals surface area contributed by atoms with E-state index >= 15 is 0 Å². The van der Waals surface area contributed by atoms with Crippen LogP contribution in [0.5, 0.6) is 0 Å². The van der Waals surface area contributed by atoms with E-state index in [1.165, 1.54) is 0 Å². The summed E-state index contributed by atoms with van der Waals surface area (Å²) in [4.78, 5) is 3.77. The molecule has 1 aromatic heterocycles. The fourth-order valence-corrected chi connectivity index (χ4v) is 2.02. The fourth-order valence-electron chi connectivity index (χ4n) is 1.54. The third-order valence-electron chi connectivity index (χ3n) is 2.89. The van der Waals surface area contributed by atoms with Crippen LogP contribution >= 0.6 is 15.9 Å². The monoisotopic (exact) mass is 349 g/mol. The molecule has 0 bridgehead atoms. The van der Waals surface area contributed by atoms with Gasteiger partial charge in [0.1, 0.15) is 0 Å². The van der Waals surface area contributed by atoms with Crippen LogP contribution in [0.3, 0.4) is 0 Å². The highest BCUT2D eigenvalue weighted by atomic mass is 79.9. The molecule has 4 nitrogen and oxygen atoms in total. The molecule has 1 unspecified atom stereocenters. The SMILES string of the molecule is Cc1cc(Br)ccc1-c1noc(C(C)(N)C(F)(F)F)n1. The molecule has 0 aliphatic carbocycles. The van der Waals surface area contributed by atoms with Crippen molar-refractivity contribution >= 4 is 15.9 Å². The molecule has 8 heteroatoms. The Balaban J connectivity index is 2.44. The van der Waals surface area contributed by atoms with Gasteiger partial charge in [-0.2, -0.15) is 18.2 Å². The Morgan fingerprint density at radius 1 is 1.30 bits per heavy atom. The second-order valence-corrected chi connectivity index (χ2v) is 5.50. The lowest BCUT2D eigenvalue weighted by atomic mass is 10.0. The third kappa shape index (κ3) is 2.57. The van der Waals surface area contributed by atoms with Gasteiger partial charge >= 0.3 is 6.18 Å². The lowest BCUT2D eigenvalue weighted by Gasteiger charge is -2.22. The predicted molar refractivity (Wildman–Crippen MR) is 69.8 cm³/mol. The zero-order valence-corrected chi connectivity index (χ0v) is 12.2. The van der Waals surface area contributed by atoms with Crippen LogP contribution in [0.1, 0.15) is 18.4 Å². The smallest absolute Gasteiger partial charge is 0.337 e. The number of nitrogens with two attached hydrogens (primary N) is 1. The first-order valence-corrected chi connectivity index (χ1v) is 6.38. The van der Waals surface area contributed by atoms with Gasteiger partial charge in [-0.05, 0) is 37.6 Å². The molecule has 0 aliphatic rings. The number of hydrogen-bond acceptors (Lipinski definition) is 4. The second-order valence-electron chi connectivity index (χ2n) is 4.58. The summed E-state index contributed by atoms with van der Waals surface area (Å²) in [6.45, 7) is 2.58. The van der Waals surface area contributed by atoms with E-state index in [0.717, 1.165) is 17.0 Å². The molecule has 2 rings (SSSR count). The van der Waals surface area contributed by atoms with Crippen molar-refractivity contribution in [1.82, 2.24) is 10.1 Å². The van der Waals surface area contributed by atoms with Crippen molar-refractivity contribution in [2.24, 2.45) is 5.73 Å². The molecular formula is C12H11BrF3N3O. The minimum atomic E-state index is -4.68. The summed E-state index contributed by atoms with van der Waals surface area (Å²) in [6.07, 6.45) is -4.68. The number of alkyl halides is 3. The molecule has 108 valence electrons. The molecule has 0 fully saturated rings. The molecule has 1 heterocycles. The van der Waals surface area contributed by atoms with Crippen LogP contribution in [0.4, 0.5) is 13.2 Å². The Morgan fingerprint density at radius 2 is 1.95 bits per heavy atom. The lowest BCUT2D eigenvalue weighted by molar-refractivity contribution is -0.190. The van der Waals surface area contributed by atoms with Crippen LogP contribution in [-0.2, 0) is 5.54 Å². The Bertz CT molecular complexity index is 637. The van der Waals surface area contributed by atoms with Gasteiger partial charge in [-0.15, -0.1) is 0 Å². The van der Waals surface area contributed by atoms with Gasteiger partial charge in [0.2, 0.25) is 5.82 Å². The average molecular weight is 350 g/mol. The van der Waals surface area contributed by atoms with Gasteiger partial charge in [0, 0.05) is 10.0 Å². The molecule has 0 amide bonds. The molecular weight excluding hydrogens is 339 g/mol. The van der Waals surface area contributed by atoms with Crippen molar-refractivity contribution in [1.29, 1.82) is 0 Å². The van der Waals surface area contributed by atoms with Gasteiger partial charge in [-0.3, -0.25) is 0 Å². The number of halogens is 4. The van der Waals surface area contributed by atoms with E-state index in [-0.39, 0.29) is 5.82 Å². The van der Waals surface area contributed by atoms with Gasteiger partial charge in [0.25, 0.3) is 5.89 Å². The predicted octanol–water partition coefficient (Wildman–Crippen LogP) is 3.54. The van der Waals surface area contributed by atoms with Crippen molar-refractivity contribution in [3.8, 4) is 11.4 Å². The van der Waals surface area contributed by atoms with Crippen LogP contribution in [0.15, 0.2) is 27.2 Å². The van der Waals surface area contributed by atoms with Crippen LogP contribution in [0.25, 0.3) is 11.4 Å². The molecule has 0 spiro atoms. The van der Waals surface area contributed by atoms with Crippen molar-refractivity contribution in [3.05, 3.63) is 34.1 Å². The second kappa shape index (κ2) is 4.85. The number of rotatable bonds is 2. The summed E-state index contributed by atoms with van der Waals surface area (Å²) in [5, 5.41) is 3.58. The first kappa shape index (κ1) is 15.0. The summed E-state index contributed by atoms with van der Waals surface area (Å²) < 4.78 is 43.9. The highest BCUT2D eigenvalue weighted by molar-refractivity contribution is 9.10. The average Bonchev–Trinajstić information content (AvgIpc) is 2.77. The van der Waals surface area contributed by atoms with E-state index in [4.69, 9.17) is 5.73 Å². The maximum atomic E-state index is 12.8.